The summed E-state index contributed by atoms with van der Waals surface area (Å²) in [5.41, 5.74) is 0. The minimum Gasteiger partial charge on any atom is -0.323 e. The van der Waals surface area contributed by atoms with Crippen LogP contribution in [0.1, 0.15) is 6.92 Å². The smallest absolute Gasteiger partial charge is 0.246 e. The number of nitrogens with zero attached hydrogens (tertiary/aromatic N) is 1. The van der Waals surface area contributed by atoms with Crippen LogP contribution in [0.15, 0.2) is 0 Å². The first kappa shape index (κ1) is 10.2. The monoisotopic (exact) mass is 248 g/mol. The molecular weight excluding hydrogens is 240 g/mol. The second kappa shape index (κ2) is 3.87. The zero-order valence-corrected chi connectivity index (χ0v) is 8.63. The van der Waals surface area contributed by atoms with Crippen molar-refractivity contribution in [3.05, 3.63) is 0 Å². The second-order valence-electron chi connectivity index (χ2n) is 2.78. The van der Waals surface area contributed by atoms with E-state index in [1.165, 1.54) is 4.90 Å². The summed E-state index contributed by atoms with van der Waals surface area (Å²) in [5, 5.41) is 2.12. The quantitative estimate of drug-likeness (QED) is 0.491. The number of hydrogen-bond acceptors (Lipinski definition) is 3. The van der Waals surface area contributed by atoms with E-state index in [1.54, 1.807) is 6.92 Å². The molecule has 1 unspecified atom stereocenters. The highest BCUT2D eigenvalue weighted by atomic mass is 79.9. The minimum atomic E-state index is -0.433. The summed E-state index contributed by atoms with van der Waals surface area (Å²) in [4.78, 5) is 33.9. The Bertz CT molecular complexity index is 248. The van der Waals surface area contributed by atoms with Crippen LogP contribution in [0.4, 0.5) is 0 Å². The maximum absolute atomic E-state index is 11.3. The van der Waals surface area contributed by atoms with Crippen molar-refractivity contribution in [2.75, 3.05) is 13.1 Å². The fourth-order valence-electron chi connectivity index (χ4n) is 1.04. The van der Waals surface area contributed by atoms with Gasteiger partial charge in [0.05, 0.1) is 4.83 Å². The van der Waals surface area contributed by atoms with Crippen LogP contribution in [0.5, 0.6) is 0 Å². The van der Waals surface area contributed by atoms with Crippen molar-refractivity contribution in [3.63, 3.8) is 0 Å². The first-order valence-electron chi connectivity index (χ1n) is 3.76. The van der Waals surface area contributed by atoms with Gasteiger partial charge < -0.3 is 4.90 Å². The number of piperazine rings is 1. The Morgan fingerprint density at radius 1 is 1.46 bits per heavy atom. The molecule has 6 heteroatoms. The van der Waals surface area contributed by atoms with Crippen molar-refractivity contribution in [3.8, 4) is 0 Å². The van der Waals surface area contributed by atoms with E-state index in [9.17, 15) is 14.4 Å². The highest BCUT2D eigenvalue weighted by molar-refractivity contribution is 9.10. The van der Waals surface area contributed by atoms with E-state index < -0.39 is 11.8 Å². The van der Waals surface area contributed by atoms with Gasteiger partial charge in [-0.1, -0.05) is 15.9 Å². The highest BCUT2D eigenvalue weighted by Crippen LogP contribution is 2.05. The Labute approximate surface area is 83.6 Å². The largest absolute Gasteiger partial charge is 0.323 e. The summed E-state index contributed by atoms with van der Waals surface area (Å²) < 4.78 is 0. The number of halogens is 1. The lowest BCUT2D eigenvalue weighted by molar-refractivity contribution is -0.144. The van der Waals surface area contributed by atoms with Crippen LogP contribution in [-0.2, 0) is 14.4 Å². The zero-order valence-electron chi connectivity index (χ0n) is 7.04. The molecule has 13 heavy (non-hydrogen) atoms. The molecule has 1 aliphatic rings. The van der Waals surface area contributed by atoms with Crippen LogP contribution < -0.4 is 5.32 Å². The van der Waals surface area contributed by atoms with E-state index in [1.807, 2.05) is 0 Å². The summed E-state index contributed by atoms with van der Waals surface area (Å²) in [6.07, 6.45) is 0. The molecule has 1 fully saturated rings. The molecule has 1 saturated heterocycles. The average molecular weight is 249 g/mol. The first-order chi connectivity index (χ1) is 6.00. The standard InChI is InChI=1S/C7H9BrN2O3/c1-4(8)7(13)10-2-5(11)9-6(12)3-10/h4H,2-3H2,1H3,(H,9,11,12). The van der Waals surface area contributed by atoms with E-state index in [2.05, 4.69) is 21.2 Å². The van der Waals surface area contributed by atoms with Gasteiger partial charge in [-0.3, -0.25) is 19.7 Å². The topological polar surface area (TPSA) is 66.5 Å². The van der Waals surface area contributed by atoms with Crippen LogP contribution in [0.3, 0.4) is 0 Å². The van der Waals surface area contributed by atoms with Crippen molar-refractivity contribution < 1.29 is 14.4 Å². The molecule has 1 N–H and O–H groups in total. The van der Waals surface area contributed by atoms with E-state index in [4.69, 9.17) is 0 Å². The third kappa shape index (κ3) is 2.51. The number of imide groups is 1. The highest BCUT2D eigenvalue weighted by Gasteiger charge is 2.27. The molecule has 1 rings (SSSR count). The van der Waals surface area contributed by atoms with Crippen molar-refractivity contribution >= 4 is 33.7 Å². The van der Waals surface area contributed by atoms with Gasteiger partial charge in [0.25, 0.3) is 0 Å². The first-order valence-corrected chi connectivity index (χ1v) is 4.68. The molecule has 0 aliphatic carbocycles. The Morgan fingerprint density at radius 2 is 1.92 bits per heavy atom. The molecule has 0 aromatic carbocycles. The number of alkyl halides is 1. The SMILES string of the molecule is CC(Br)C(=O)N1CC(=O)NC(=O)C1. The van der Waals surface area contributed by atoms with E-state index in [0.717, 1.165) is 0 Å². The Balaban J connectivity index is 2.65. The lowest BCUT2D eigenvalue weighted by Gasteiger charge is -2.26. The predicted molar refractivity (Wildman–Crippen MR) is 48.1 cm³/mol. The minimum absolute atomic E-state index is 0.0412. The van der Waals surface area contributed by atoms with E-state index >= 15 is 0 Å². The summed E-state index contributed by atoms with van der Waals surface area (Å²) in [6, 6.07) is 0. The zero-order chi connectivity index (χ0) is 10.0. The molecule has 1 heterocycles. The number of rotatable bonds is 1. The third-order valence-electron chi connectivity index (χ3n) is 1.60. The summed E-state index contributed by atoms with van der Waals surface area (Å²) in [5.74, 6) is -1.11. The Morgan fingerprint density at radius 3 is 2.31 bits per heavy atom. The lowest BCUT2D eigenvalue weighted by Crippen LogP contribution is -2.54. The van der Waals surface area contributed by atoms with Gasteiger partial charge in [-0.05, 0) is 6.92 Å². The molecule has 0 aromatic heterocycles. The van der Waals surface area contributed by atoms with Crippen molar-refractivity contribution in [1.82, 2.24) is 10.2 Å². The van der Waals surface area contributed by atoms with Crippen LogP contribution in [0.2, 0.25) is 0 Å². The molecule has 5 nitrogen and oxygen atoms in total. The number of amides is 3. The fourth-order valence-corrected chi connectivity index (χ4v) is 1.33. The maximum atomic E-state index is 11.3. The number of carbonyl (C=O) groups is 3. The lowest BCUT2D eigenvalue weighted by atomic mass is 10.3. The fraction of sp³-hybridized carbons (Fsp3) is 0.571. The predicted octanol–water partition coefficient (Wildman–Crippen LogP) is -0.745. The number of nitrogens with one attached hydrogen (secondary N) is 1. The molecule has 72 valence electrons. The van der Waals surface area contributed by atoms with E-state index in [0.29, 0.717) is 0 Å². The third-order valence-corrected chi connectivity index (χ3v) is 1.99. The average Bonchev–Trinajstić information content (AvgIpc) is 2.01. The van der Waals surface area contributed by atoms with E-state index in [-0.39, 0.29) is 23.8 Å². The van der Waals surface area contributed by atoms with Crippen molar-refractivity contribution in [1.29, 1.82) is 0 Å². The number of carbonyl (C=O) groups excluding carboxylic acids is 3. The molecule has 1 aliphatic heterocycles. The number of hydrogen-bond donors (Lipinski definition) is 1. The van der Waals surface area contributed by atoms with Gasteiger partial charge in [-0.2, -0.15) is 0 Å². The normalized spacial score (nSPS) is 19.7. The van der Waals surface area contributed by atoms with Gasteiger partial charge in [0.1, 0.15) is 13.1 Å². The summed E-state index contributed by atoms with van der Waals surface area (Å²) in [7, 11) is 0. The van der Waals surface area contributed by atoms with Gasteiger partial charge in [0.2, 0.25) is 17.7 Å². The molecule has 0 saturated carbocycles. The maximum Gasteiger partial charge on any atom is 0.246 e. The van der Waals surface area contributed by atoms with Crippen LogP contribution >= 0.6 is 15.9 Å². The van der Waals surface area contributed by atoms with Crippen LogP contribution in [0.25, 0.3) is 0 Å². The van der Waals surface area contributed by atoms with Gasteiger partial charge in [0.15, 0.2) is 0 Å². The molecule has 0 aromatic rings. The second-order valence-corrected chi connectivity index (χ2v) is 4.16. The van der Waals surface area contributed by atoms with Crippen molar-refractivity contribution in [2.45, 2.75) is 11.8 Å². The molecule has 0 spiro atoms. The van der Waals surface area contributed by atoms with Gasteiger partial charge in [-0.25, -0.2) is 0 Å². The molecule has 0 radical (unpaired) electrons. The molecular formula is C7H9BrN2O3. The van der Waals surface area contributed by atoms with Gasteiger partial charge in [0, 0.05) is 0 Å². The van der Waals surface area contributed by atoms with Crippen LogP contribution in [-0.4, -0.2) is 40.5 Å². The summed E-state index contributed by atoms with van der Waals surface area (Å²) >= 11 is 3.08. The molecule has 0 bridgehead atoms. The van der Waals surface area contributed by atoms with Gasteiger partial charge >= 0.3 is 0 Å². The molecule has 1 atom stereocenters. The molecule has 3 amide bonds. The van der Waals surface area contributed by atoms with Gasteiger partial charge in [-0.15, -0.1) is 0 Å². The van der Waals surface area contributed by atoms with Crippen LogP contribution in [0, 0.1) is 0 Å². The van der Waals surface area contributed by atoms with Crippen molar-refractivity contribution in [2.24, 2.45) is 0 Å². The Hall–Kier alpha value is -0.910. The summed E-state index contributed by atoms with van der Waals surface area (Å²) in [6.45, 7) is 1.57. The Kier molecular flexibility index (Phi) is 3.02.